The molecule has 24 heavy (non-hydrogen) atoms. The summed E-state index contributed by atoms with van der Waals surface area (Å²) in [6.45, 7) is -0.410. The Balaban J connectivity index is 2.40. The first kappa shape index (κ1) is 20.1. The summed E-state index contributed by atoms with van der Waals surface area (Å²) < 4.78 is 114. The Kier molecular flexibility index (Phi) is 5.46. The zero-order valence-electron chi connectivity index (χ0n) is 12.4. The highest BCUT2D eigenvalue weighted by atomic mass is 32.2. The van der Waals surface area contributed by atoms with Gasteiger partial charge < -0.3 is 4.55 Å². The molecule has 1 aliphatic heterocycles. The first-order chi connectivity index (χ1) is 10.9. The maximum atomic E-state index is 14.0. The number of halogens is 6. The number of alkyl halides is 6. The van der Waals surface area contributed by atoms with Gasteiger partial charge in [0, 0.05) is 12.6 Å². The average molecular weight is 401 g/mol. The third-order valence-electron chi connectivity index (χ3n) is 4.67. The summed E-state index contributed by atoms with van der Waals surface area (Å²) in [5.41, 5.74) is 0. The van der Waals surface area contributed by atoms with Crippen molar-refractivity contribution in [3.63, 3.8) is 0 Å². The van der Waals surface area contributed by atoms with Gasteiger partial charge in [-0.15, -0.1) is 0 Å². The van der Waals surface area contributed by atoms with Crippen LogP contribution in [0.5, 0.6) is 0 Å². The van der Waals surface area contributed by atoms with Crippen molar-refractivity contribution >= 4 is 22.1 Å². The lowest BCUT2D eigenvalue weighted by Crippen LogP contribution is -2.63. The van der Waals surface area contributed by atoms with Gasteiger partial charge in [-0.3, -0.25) is 0 Å². The summed E-state index contributed by atoms with van der Waals surface area (Å²) in [6, 6.07) is -0.880. The van der Waals surface area contributed by atoms with E-state index in [-0.39, 0.29) is 23.1 Å². The quantitative estimate of drug-likeness (QED) is 0.559. The molecule has 0 radical (unpaired) electrons. The summed E-state index contributed by atoms with van der Waals surface area (Å²) in [4.78, 5) is 0. The van der Waals surface area contributed by atoms with Crippen LogP contribution in [-0.4, -0.2) is 46.3 Å². The van der Waals surface area contributed by atoms with Crippen LogP contribution in [0.15, 0.2) is 0 Å². The molecule has 2 unspecified atom stereocenters. The van der Waals surface area contributed by atoms with Gasteiger partial charge in [-0.1, -0.05) is 12.8 Å². The average Bonchev–Trinajstić information content (AvgIpc) is 2.53. The predicted octanol–water partition coefficient (Wildman–Crippen LogP) is 4.00. The Hall–Kier alpha value is -0.200. The van der Waals surface area contributed by atoms with Gasteiger partial charge in [0.15, 0.2) is 0 Å². The topological polar surface area (TPSA) is 57.6 Å². The minimum atomic E-state index is -6.26. The standard InChI is InChI=1S/C12H17F6NO3S2/c13-10(14,11(15,16)23-20)12(17,18)24(21,22)19-7-3-5-8-4-1-2-6-9(8)19/h8-9,20H,1-7H2. The van der Waals surface area contributed by atoms with Crippen molar-refractivity contribution in [1.82, 2.24) is 4.31 Å². The van der Waals surface area contributed by atoms with E-state index >= 15 is 0 Å². The Labute approximate surface area is 139 Å². The van der Waals surface area contributed by atoms with E-state index in [0.29, 0.717) is 19.3 Å². The van der Waals surface area contributed by atoms with Crippen LogP contribution in [0.1, 0.15) is 38.5 Å². The molecule has 2 aliphatic rings. The molecule has 1 saturated carbocycles. The smallest absolute Gasteiger partial charge is 0.325 e. The van der Waals surface area contributed by atoms with Gasteiger partial charge in [-0.05, 0) is 31.6 Å². The van der Waals surface area contributed by atoms with Gasteiger partial charge in [0.25, 0.3) is 10.0 Å². The van der Waals surface area contributed by atoms with Crippen LogP contribution >= 0.6 is 12.0 Å². The van der Waals surface area contributed by atoms with Gasteiger partial charge in [0.05, 0.1) is 12.0 Å². The molecule has 0 aromatic heterocycles. The third-order valence-corrected chi connectivity index (χ3v) is 7.13. The number of hydrogen-bond donors (Lipinski definition) is 1. The van der Waals surface area contributed by atoms with Crippen molar-refractivity contribution in [1.29, 1.82) is 0 Å². The van der Waals surface area contributed by atoms with Crippen molar-refractivity contribution in [3.8, 4) is 0 Å². The van der Waals surface area contributed by atoms with Crippen LogP contribution in [0.4, 0.5) is 26.3 Å². The zero-order valence-corrected chi connectivity index (χ0v) is 14.0. The molecule has 2 atom stereocenters. The first-order valence-corrected chi connectivity index (χ1v) is 9.59. The molecule has 1 heterocycles. The fourth-order valence-electron chi connectivity index (χ4n) is 3.41. The van der Waals surface area contributed by atoms with E-state index in [1.165, 1.54) is 0 Å². The molecule has 1 aliphatic carbocycles. The number of fused-ring (bicyclic) bond motifs is 1. The second-order valence-electron chi connectivity index (χ2n) is 6.07. The van der Waals surface area contributed by atoms with E-state index < -0.39 is 51.1 Å². The van der Waals surface area contributed by atoms with Crippen LogP contribution < -0.4 is 0 Å². The molecule has 0 aromatic carbocycles. The lowest BCUT2D eigenvalue weighted by atomic mass is 9.79. The number of nitrogens with zero attached hydrogens (tertiary/aromatic N) is 1. The van der Waals surface area contributed by atoms with E-state index in [0.717, 1.165) is 6.42 Å². The van der Waals surface area contributed by atoms with Crippen LogP contribution in [0.25, 0.3) is 0 Å². The molecular weight excluding hydrogens is 384 g/mol. The van der Waals surface area contributed by atoms with Crippen LogP contribution in [-0.2, 0) is 10.0 Å². The minimum absolute atomic E-state index is 0.202. The van der Waals surface area contributed by atoms with Gasteiger partial charge >= 0.3 is 16.4 Å². The molecule has 12 heteroatoms. The zero-order chi connectivity index (χ0) is 18.4. The SMILES string of the molecule is O=S(=O)(N1CCCC2CCCCC21)C(F)(F)C(F)(F)C(F)(F)SO. The number of rotatable bonds is 5. The highest BCUT2D eigenvalue weighted by molar-refractivity contribution is 7.95. The van der Waals surface area contributed by atoms with Gasteiger partial charge in [0.1, 0.15) is 0 Å². The van der Waals surface area contributed by atoms with E-state index in [9.17, 15) is 34.8 Å². The molecule has 1 saturated heterocycles. The van der Waals surface area contributed by atoms with E-state index in [4.69, 9.17) is 4.55 Å². The number of piperidine rings is 1. The monoisotopic (exact) mass is 401 g/mol. The molecule has 4 nitrogen and oxygen atoms in total. The van der Waals surface area contributed by atoms with Crippen molar-refractivity contribution in [2.75, 3.05) is 6.54 Å². The lowest BCUT2D eigenvalue weighted by molar-refractivity contribution is -0.243. The lowest BCUT2D eigenvalue weighted by Gasteiger charge is -2.45. The van der Waals surface area contributed by atoms with E-state index in [1.807, 2.05) is 0 Å². The Bertz CT molecular complexity index is 569. The van der Waals surface area contributed by atoms with Crippen molar-refractivity contribution in [2.45, 2.75) is 61.0 Å². The summed E-state index contributed by atoms with van der Waals surface area (Å²) >= 11 is -1.80. The van der Waals surface area contributed by atoms with Crippen molar-refractivity contribution in [3.05, 3.63) is 0 Å². The molecule has 0 spiro atoms. The predicted molar refractivity (Wildman–Crippen MR) is 75.7 cm³/mol. The summed E-state index contributed by atoms with van der Waals surface area (Å²) in [7, 11) is -6.04. The molecule has 0 bridgehead atoms. The molecule has 2 fully saturated rings. The molecule has 0 amide bonds. The first-order valence-electron chi connectivity index (χ1n) is 7.37. The van der Waals surface area contributed by atoms with Gasteiger partial charge in [0.2, 0.25) is 0 Å². The van der Waals surface area contributed by atoms with Crippen molar-refractivity contribution < 1.29 is 39.3 Å². The van der Waals surface area contributed by atoms with Gasteiger partial charge in [-0.25, -0.2) is 8.42 Å². The normalized spacial score (nSPS) is 27.8. The third kappa shape index (κ3) is 2.92. The van der Waals surface area contributed by atoms with Gasteiger partial charge in [-0.2, -0.15) is 30.6 Å². The van der Waals surface area contributed by atoms with Crippen molar-refractivity contribution in [2.24, 2.45) is 5.92 Å². The Morgan fingerprint density at radius 1 is 0.958 bits per heavy atom. The van der Waals surface area contributed by atoms with E-state index in [2.05, 4.69) is 0 Å². The second-order valence-corrected chi connectivity index (χ2v) is 8.70. The summed E-state index contributed by atoms with van der Waals surface area (Å²) in [5, 5.41) is -11.7. The molecule has 142 valence electrons. The second kappa shape index (κ2) is 6.51. The molecule has 2 rings (SSSR count). The Morgan fingerprint density at radius 2 is 1.50 bits per heavy atom. The fraction of sp³-hybridized carbons (Fsp3) is 1.00. The highest BCUT2D eigenvalue weighted by Crippen LogP contribution is 2.54. The molecule has 0 aromatic rings. The fourth-order valence-corrected chi connectivity index (χ4v) is 5.47. The summed E-state index contributed by atoms with van der Waals surface area (Å²) in [5.74, 6) is -6.50. The molecular formula is C12H17F6NO3S2. The van der Waals surface area contributed by atoms with Crippen LogP contribution in [0.2, 0.25) is 0 Å². The minimum Gasteiger partial charge on any atom is -0.325 e. The largest absolute Gasteiger partial charge is 0.428 e. The molecule has 1 N–H and O–H groups in total. The van der Waals surface area contributed by atoms with Crippen LogP contribution in [0.3, 0.4) is 0 Å². The number of sulfonamides is 1. The highest BCUT2D eigenvalue weighted by Gasteiger charge is 2.79. The van der Waals surface area contributed by atoms with Crippen LogP contribution in [0, 0.1) is 5.92 Å². The number of hydrogen-bond acceptors (Lipinski definition) is 4. The maximum Gasteiger partial charge on any atom is 0.428 e. The Morgan fingerprint density at radius 3 is 2.08 bits per heavy atom. The maximum absolute atomic E-state index is 14.0. The summed E-state index contributed by atoms with van der Waals surface area (Å²) in [6.07, 6.45) is 2.94. The van der Waals surface area contributed by atoms with E-state index in [1.54, 1.807) is 0 Å².